The van der Waals surface area contributed by atoms with E-state index >= 15 is 0 Å². The number of nitrogens with one attached hydrogen (secondary N) is 1. The molecular formula is C17H18N6O3. The van der Waals surface area contributed by atoms with E-state index < -0.39 is 12.3 Å². The van der Waals surface area contributed by atoms with Gasteiger partial charge in [0.15, 0.2) is 5.69 Å². The van der Waals surface area contributed by atoms with Crippen LogP contribution in [0.3, 0.4) is 0 Å². The van der Waals surface area contributed by atoms with Crippen LogP contribution in [-0.4, -0.2) is 58.0 Å². The Morgan fingerprint density at radius 1 is 1.19 bits per heavy atom. The molecule has 0 saturated carbocycles. The first-order chi connectivity index (χ1) is 12.6. The Kier molecular flexibility index (Phi) is 4.21. The highest BCUT2D eigenvalue weighted by atomic mass is 16.6. The lowest BCUT2D eigenvalue weighted by molar-refractivity contribution is 0.0565. The fourth-order valence-corrected chi connectivity index (χ4v) is 2.99. The van der Waals surface area contributed by atoms with Crippen molar-refractivity contribution in [3.8, 4) is 0 Å². The highest BCUT2D eigenvalue weighted by Crippen LogP contribution is 2.35. The monoisotopic (exact) mass is 354 g/mol. The number of nitrogens with zero attached hydrogens (tertiary/aromatic N) is 5. The van der Waals surface area contributed by atoms with E-state index in [1.54, 1.807) is 17.2 Å². The van der Waals surface area contributed by atoms with Gasteiger partial charge in [0.1, 0.15) is 11.5 Å². The third-order valence-electron chi connectivity index (χ3n) is 4.35. The van der Waals surface area contributed by atoms with Crippen molar-refractivity contribution in [2.24, 2.45) is 0 Å². The van der Waals surface area contributed by atoms with Crippen LogP contribution in [0.2, 0.25) is 0 Å². The van der Waals surface area contributed by atoms with E-state index in [0.717, 1.165) is 5.56 Å². The fraction of sp³-hybridized carbons (Fsp3) is 0.353. The number of hydrogen-bond donors (Lipinski definition) is 1. The summed E-state index contributed by atoms with van der Waals surface area (Å²) < 4.78 is 5.67. The van der Waals surface area contributed by atoms with Crippen LogP contribution in [0.25, 0.3) is 0 Å². The Morgan fingerprint density at radius 3 is 2.69 bits per heavy atom. The van der Waals surface area contributed by atoms with Gasteiger partial charge in [-0.1, -0.05) is 6.07 Å². The molecule has 0 radical (unpaired) electrons. The molecule has 4 rings (SSSR count). The van der Waals surface area contributed by atoms with Crippen molar-refractivity contribution >= 4 is 17.8 Å². The summed E-state index contributed by atoms with van der Waals surface area (Å²) in [6, 6.07) is 3.55. The van der Waals surface area contributed by atoms with Crippen molar-refractivity contribution < 1.29 is 14.3 Å². The minimum Gasteiger partial charge on any atom is -0.419 e. The number of amides is 2. The minimum atomic E-state index is -0.983. The zero-order valence-electron chi connectivity index (χ0n) is 14.3. The molecule has 0 aromatic carbocycles. The van der Waals surface area contributed by atoms with E-state index in [0.29, 0.717) is 37.7 Å². The molecule has 1 N–H and O–H groups in total. The van der Waals surface area contributed by atoms with Crippen LogP contribution in [0.4, 0.5) is 10.6 Å². The maximum Gasteiger partial charge on any atom is 0.412 e. The highest BCUT2D eigenvalue weighted by Gasteiger charge is 2.44. The fourth-order valence-electron chi connectivity index (χ4n) is 2.99. The van der Waals surface area contributed by atoms with Gasteiger partial charge in [0.05, 0.1) is 0 Å². The Morgan fingerprint density at radius 2 is 1.96 bits per heavy atom. The second-order valence-corrected chi connectivity index (χ2v) is 6.13. The Bertz CT molecular complexity index is 835. The van der Waals surface area contributed by atoms with Crippen LogP contribution in [0, 0.1) is 6.92 Å². The van der Waals surface area contributed by atoms with Crippen LogP contribution < -0.4 is 10.2 Å². The number of anilines is 1. The summed E-state index contributed by atoms with van der Waals surface area (Å²) in [5.41, 5.74) is 1.46. The summed E-state index contributed by atoms with van der Waals surface area (Å²) in [5, 5.41) is 3.18. The molecule has 2 aromatic heterocycles. The maximum atomic E-state index is 12.8. The number of pyridine rings is 1. The van der Waals surface area contributed by atoms with E-state index in [2.05, 4.69) is 20.3 Å². The molecule has 9 heteroatoms. The van der Waals surface area contributed by atoms with Gasteiger partial charge in [-0.2, -0.15) is 0 Å². The van der Waals surface area contributed by atoms with Crippen molar-refractivity contribution in [2.45, 2.75) is 13.2 Å². The zero-order valence-corrected chi connectivity index (χ0v) is 14.3. The molecule has 0 aliphatic carbocycles. The Hall–Kier alpha value is -3.07. The van der Waals surface area contributed by atoms with Crippen molar-refractivity contribution in [2.75, 3.05) is 31.1 Å². The number of aromatic nitrogens is 3. The largest absolute Gasteiger partial charge is 0.419 e. The van der Waals surface area contributed by atoms with Gasteiger partial charge in [0.2, 0.25) is 6.23 Å². The van der Waals surface area contributed by atoms with E-state index in [1.165, 1.54) is 17.3 Å². The lowest BCUT2D eigenvalue weighted by Crippen LogP contribution is -2.47. The molecule has 1 unspecified atom stereocenters. The quantitative estimate of drug-likeness (QED) is 0.854. The first kappa shape index (κ1) is 16.4. The van der Waals surface area contributed by atoms with Gasteiger partial charge >= 0.3 is 6.09 Å². The lowest BCUT2D eigenvalue weighted by Gasteiger charge is -2.30. The minimum absolute atomic E-state index is 0.174. The summed E-state index contributed by atoms with van der Waals surface area (Å²) in [5.74, 6) is 0.000995. The Balaban J connectivity index is 1.66. The predicted molar refractivity (Wildman–Crippen MR) is 91.5 cm³/mol. The number of piperazine rings is 1. The van der Waals surface area contributed by atoms with Gasteiger partial charge in [-0.3, -0.25) is 9.78 Å². The van der Waals surface area contributed by atoms with Crippen molar-refractivity contribution in [3.63, 3.8) is 0 Å². The van der Waals surface area contributed by atoms with Crippen molar-refractivity contribution in [3.05, 3.63) is 47.7 Å². The molecule has 0 spiro atoms. The van der Waals surface area contributed by atoms with Crippen molar-refractivity contribution in [1.82, 2.24) is 25.2 Å². The number of carbonyl (C=O) groups excluding carboxylic acids is 2. The molecule has 2 aliphatic heterocycles. The van der Waals surface area contributed by atoms with Gasteiger partial charge in [-0.05, 0) is 18.6 Å². The van der Waals surface area contributed by atoms with E-state index in [-0.39, 0.29) is 11.6 Å². The number of hydrogen-bond acceptors (Lipinski definition) is 7. The second-order valence-electron chi connectivity index (χ2n) is 6.13. The molecule has 0 bridgehead atoms. The van der Waals surface area contributed by atoms with Crippen LogP contribution in [0.15, 0.2) is 30.7 Å². The van der Waals surface area contributed by atoms with Gasteiger partial charge in [-0.25, -0.2) is 19.7 Å². The summed E-state index contributed by atoms with van der Waals surface area (Å²) in [6.07, 6.45) is 3.10. The number of ether oxygens (including phenoxy) is 1. The topological polar surface area (TPSA) is 101 Å². The summed E-state index contributed by atoms with van der Waals surface area (Å²) in [6.45, 7) is 4.42. The van der Waals surface area contributed by atoms with E-state index in [1.807, 2.05) is 13.0 Å². The number of aryl methyl sites for hydroxylation is 1. The third kappa shape index (κ3) is 2.86. The first-order valence-corrected chi connectivity index (χ1v) is 8.38. The normalized spacial score (nSPS) is 19.4. The molecule has 2 aliphatic rings. The molecule has 134 valence electrons. The van der Waals surface area contributed by atoms with Crippen LogP contribution >= 0.6 is 0 Å². The molecule has 1 saturated heterocycles. The van der Waals surface area contributed by atoms with Gasteiger partial charge in [-0.15, -0.1) is 0 Å². The van der Waals surface area contributed by atoms with Crippen molar-refractivity contribution in [1.29, 1.82) is 0 Å². The Labute approximate surface area is 150 Å². The average molecular weight is 354 g/mol. The third-order valence-corrected chi connectivity index (χ3v) is 4.35. The zero-order chi connectivity index (χ0) is 18.1. The molecular weight excluding hydrogens is 336 g/mol. The first-order valence-electron chi connectivity index (χ1n) is 8.38. The molecule has 2 amide bonds. The smallest absolute Gasteiger partial charge is 0.412 e. The number of carbonyl (C=O) groups is 2. The molecule has 4 heterocycles. The van der Waals surface area contributed by atoms with E-state index in [4.69, 9.17) is 4.74 Å². The van der Waals surface area contributed by atoms with Gasteiger partial charge < -0.3 is 15.0 Å². The maximum absolute atomic E-state index is 12.8. The molecule has 2 aromatic rings. The predicted octanol–water partition coefficient (Wildman–Crippen LogP) is 0.881. The van der Waals surface area contributed by atoms with Crippen LogP contribution in [0.1, 0.15) is 28.0 Å². The molecule has 26 heavy (non-hydrogen) atoms. The summed E-state index contributed by atoms with van der Waals surface area (Å²) in [7, 11) is 0. The summed E-state index contributed by atoms with van der Waals surface area (Å²) in [4.78, 5) is 40.9. The highest BCUT2D eigenvalue weighted by molar-refractivity contribution is 6.08. The average Bonchev–Trinajstić information content (AvgIpc) is 2.95. The second kappa shape index (κ2) is 6.68. The lowest BCUT2D eigenvalue weighted by atomic mass is 10.3. The molecule has 1 fully saturated rings. The van der Waals surface area contributed by atoms with E-state index in [9.17, 15) is 9.59 Å². The standard InChI is InChI=1S/C17H18N6O3/c1-11-2-3-12(21-10-11)23-15(24)13-14(20-5-4-19-13)16(23)26-17(25)22-8-6-18-7-9-22/h2-5,10,16,18H,6-9H2,1H3. The molecule has 1 atom stereocenters. The van der Waals surface area contributed by atoms with Gasteiger partial charge in [0, 0.05) is 44.8 Å². The van der Waals surface area contributed by atoms with Crippen LogP contribution in [-0.2, 0) is 4.74 Å². The number of rotatable bonds is 2. The number of fused-ring (bicyclic) bond motifs is 1. The summed E-state index contributed by atoms with van der Waals surface area (Å²) >= 11 is 0. The molecule has 9 nitrogen and oxygen atoms in total. The SMILES string of the molecule is Cc1ccc(N2C(=O)c3nccnc3C2OC(=O)N2CCNCC2)nc1. The van der Waals surface area contributed by atoms with Gasteiger partial charge in [0.25, 0.3) is 5.91 Å². The van der Waals surface area contributed by atoms with Crippen LogP contribution in [0.5, 0.6) is 0 Å².